The van der Waals surface area contributed by atoms with Crippen LogP contribution >= 0.6 is 50.7 Å². The van der Waals surface area contributed by atoms with Gasteiger partial charge < -0.3 is 0 Å². The summed E-state index contributed by atoms with van der Waals surface area (Å²) in [5.74, 6) is 1.28. The van der Waals surface area contributed by atoms with Crippen LogP contribution in [0.15, 0.2) is 22.6 Å². The molecule has 0 aromatic heterocycles. The summed E-state index contributed by atoms with van der Waals surface area (Å²) in [4.78, 5) is 12.7. The highest BCUT2D eigenvalue weighted by Gasteiger charge is 2.36. The van der Waals surface area contributed by atoms with E-state index in [-0.39, 0.29) is 11.8 Å². The third-order valence-electron chi connectivity index (χ3n) is 4.40. The molecule has 1 aliphatic heterocycles. The van der Waals surface area contributed by atoms with Crippen LogP contribution in [0.4, 0.5) is 0 Å². The number of carbonyl (C=O) groups excluding carboxylic acids is 1. The number of hydrogen-bond donors (Lipinski definition) is 0. The molecule has 1 aliphatic carbocycles. The van der Waals surface area contributed by atoms with E-state index in [1.807, 2.05) is 0 Å². The van der Waals surface area contributed by atoms with Crippen LogP contribution in [-0.4, -0.2) is 5.91 Å². The van der Waals surface area contributed by atoms with Crippen LogP contribution in [-0.2, 0) is 15.5 Å². The Morgan fingerprint density at radius 2 is 1.91 bits per heavy atom. The van der Waals surface area contributed by atoms with Gasteiger partial charge in [-0.2, -0.15) is 4.36 Å². The summed E-state index contributed by atoms with van der Waals surface area (Å²) in [7, 11) is -0.961. The largest absolute Gasteiger partial charge is 0.272 e. The quantitative estimate of drug-likeness (QED) is 0.476. The predicted molar refractivity (Wildman–Crippen MR) is 100 cm³/mol. The molecule has 1 heterocycles. The Labute approximate surface area is 157 Å². The van der Waals surface area contributed by atoms with E-state index in [2.05, 4.69) is 41.1 Å². The van der Waals surface area contributed by atoms with Gasteiger partial charge >= 0.3 is 0 Å². The first-order chi connectivity index (χ1) is 10.2. The molecule has 0 spiro atoms. The molecule has 0 saturated heterocycles. The molecule has 2 nitrogen and oxygen atoms in total. The van der Waals surface area contributed by atoms with Crippen LogP contribution < -0.4 is 0 Å². The number of rotatable bonds is 2. The second-order valence-electron chi connectivity index (χ2n) is 6.32. The summed E-state index contributed by atoms with van der Waals surface area (Å²) in [5, 5.41) is 0.351. The van der Waals surface area contributed by atoms with Crippen molar-refractivity contribution < 1.29 is 4.79 Å². The highest BCUT2D eigenvalue weighted by atomic mass is 79.9. The Bertz CT molecular complexity index is 559. The molecule has 124 valence electrons. The third-order valence-corrected chi connectivity index (χ3v) is 9.20. The summed E-state index contributed by atoms with van der Waals surface area (Å²) >= 11 is 21.8. The van der Waals surface area contributed by atoms with E-state index in [1.165, 1.54) is 6.42 Å². The monoisotopic (exact) mass is 445 g/mol. The number of amides is 1. The molecule has 0 N–H and O–H groups in total. The van der Waals surface area contributed by atoms with Gasteiger partial charge in [0, 0.05) is 5.92 Å². The van der Waals surface area contributed by atoms with E-state index in [0.717, 1.165) is 12.8 Å². The molecule has 1 amide bonds. The zero-order chi connectivity index (χ0) is 16.6. The Morgan fingerprint density at radius 3 is 2.41 bits per heavy atom. The molecule has 1 saturated carbocycles. The first kappa shape index (κ1) is 19.0. The zero-order valence-electron chi connectivity index (χ0n) is 12.7. The highest BCUT2D eigenvalue weighted by Crippen LogP contribution is 2.44. The lowest BCUT2D eigenvalue weighted by atomic mass is 9.70. The standard InChI is InChI=1S/C15H19BrCl3NOS/c1-7(2)9-5-4-8(3)6-10(9)15(21)20-22-13(18)11(16)12(17)14(22)19/h7-10H,4-6H2,1-3H3. The topological polar surface area (TPSA) is 29.4 Å². The SMILES string of the molecule is CC1CCC(C(C)C)C(C(=O)N=S2C(Cl)=C(Cl)C(Br)=C2Cl)C1. The molecule has 0 radical (unpaired) electrons. The maximum atomic E-state index is 12.7. The fraction of sp³-hybridized carbons (Fsp3) is 0.667. The lowest BCUT2D eigenvalue weighted by Crippen LogP contribution is -2.32. The summed E-state index contributed by atoms with van der Waals surface area (Å²) in [5.41, 5.74) is 0. The molecular formula is C15H19BrCl3NOS. The molecular weight excluding hydrogens is 429 g/mol. The van der Waals surface area contributed by atoms with Crippen molar-refractivity contribution in [2.75, 3.05) is 0 Å². The van der Waals surface area contributed by atoms with Crippen molar-refractivity contribution in [2.45, 2.75) is 40.0 Å². The maximum absolute atomic E-state index is 12.7. The van der Waals surface area contributed by atoms with Gasteiger partial charge in [-0.1, -0.05) is 62.0 Å². The van der Waals surface area contributed by atoms with E-state index in [9.17, 15) is 4.79 Å². The Hall–Kier alpha value is 0.650. The first-order valence-corrected chi connectivity index (χ1v) is 10.5. The zero-order valence-corrected chi connectivity index (χ0v) is 17.4. The van der Waals surface area contributed by atoms with E-state index < -0.39 is 10.7 Å². The fourth-order valence-corrected chi connectivity index (χ4v) is 6.62. The van der Waals surface area contributed by atoms with Crippen molar-refractivity contribution in [1.82, 2.24) is 0 Å². The van der Waals surface area contributed by atoms with Crippen molar-refractivity contribution in [1.29, 1.82) is 0 Å². The number of carbonyl (C=O) groups is 1. The Morgan fingerprint density at radius 1 is 1.27 bits per heavy atom. The average molecular weight is 448 g/mol. The normalized spacial score (nSPS) is 33.3. The summed E-state index contributed by atoms with van der Waals surface area (Å²) in [6, 6.07) is 0. The van der Waals surface area contributed by atoms with E-state index in [4.69, 9.17) is 34.8 Å². The molecule has 2 aliphatic rings. The van der Waals surface area contributed by atoms with Gasteiger partial charge in [-0.3, -0.25) is 4.79 Å². The minimum Gasteiger partial charge on any atom is -0.272 e. The molecule has 4 unspecified atom stereocenters. The number of allylic oxidation sites excluding steroid dienone is 2. The van der Waals surface area contributed by atoms with Gasteiger partial charge in [0.1, 0.15) is 8.73 Å². The second kappa shape index (κ2) is 7.69. The number of hydrogen-bond acceptors (Lipinski definition) is 1. The van der Waals surface area contributed by atoms with Gasteiger partial charge in [0.05, 0.1) is 9.51 Å². The third kappa shape index (κ3) is 3.83. The summed E-state index contributed by atoms with van der Waals surface area (Å²) < 4.78 is 5.62. The van der Waals surface area contributed by atoms with Crippen molar-refractivity contribution in [3.63, 3.8) is 0 Å². The van der Waals surface area contributed by atoms with Crippen LogP contribution in [0, 0.1) is 23.7 Å². The van der Waals surface area contributed by atoms with Crippen LogP contribution in [0.5, 0.6) is 0 Å². The number of halogens is 4. The van der Waals surface area contributed by atoms with Gasteiger partial charge in [-0.05, 0) is 57.2 Å². The summed E-state index contributed by atoms with van der Waals surface area (Å²) in [6.07, 6.45) is 3.15. The molecule has 0 aromatic rings. The van der Waals surface area contributed by atoms with E-state index in [0.29, 0.717) is 36.0 Å². The van der Waals surface area contributed by atoms with Crippen LogP contribution in [0.2, 0.25) is 0 Å². The van der Waals surface area contributed by atoms with Gasteiger partial charge in [-0.15, -0.1) is 0 Å². The van der Waals surface area contributed by atoms with Crippen LogP contribution in [0.25, 0.3) is 0 Å². The van der Waals surface area contributed by atoms with Crippen molar-refractivity contribution in [3.8, 4) is 0 Å². The average Bonchev–Trinajstić information content (AvgIpc) is 2.64. The highest BCUT2D eigenvalue weighted by molar-refractivity contribution is 9.12. The van der Waals surface area contributed by atoms with Crippen molar-refractivity contribution in [2.24, 2.45) is 28.0 Å². The smallest absolute Gasteiger partial charge is 0.255 e. The summed E-state index contributed by atoms with van der Waals surface area (Å²) in [6.45, 7) is 6.54. The number of nitrogens with zero attached hydrogens (tertiary/aromatic N) is 1. The molecule has 7 heteroatoms. The van der Waals surface area contributed by atoms with Gasteiger partial charge in [0.15, 0.2) is 0 Å². The Balaban J connectivity index is 2.29. The van der Waals surface area contributed by atoms with E-state index >= 15 is 0 Å². The van der Waals surface area contributed by atoms with Crippen LogP contribution in [0.1, 0.15) is 40.0 Å². The van der Waals surface area contributed by atoms with Crippen molar-refractivity contribution in [3.05, 3.63) is 18.2 Å². The van der Waals surface area contributed by atoms with Gasteiger partial charge in [0.2, 0.25) is 0 Å². The minimum atomic E-state index is -0.961. The van der Waals surface area contributed by atoms with E-state index in [1.54, 1.807) is 0 Å². The van der Waals surface area contributed by atoms with Crippen molar-refractivity contribution >= 4 is 67.3 Å². The molecule has 0 bridgehead atoms. The predicted octanol–water partition coefficient (Wildman–Crippen LogP) is 6.49. The van der Waals surface area contributed by atoms with Crippen LogP contribution in [0.3, 0.4) is 0 Å². The van der Waals surface area contributed by atoms with Gasteiger partial charge in [0.25, 0.3) is 5.91 Å². The van der Waals surface area contributed by atoms with Gasteiger partial charge in [-0.25, -0.2) is 0 Å². The fourth-order valence-electron chi connectivity index (χ4n) is 3.14. The Kier molecular flexibility index (Phi) is 6.63. The molecule has 1 fully saturated rings. The molecule has 4 atom stereocenters. The molecule has 22 heavy (non-hydrogen) atoms. The maximum Gasteiger partial charge on any atom is 0.255 e. The first-order valence-electron chi connectivity index (χ1n) is 7.34. The lowest BCUT2D eigenvalue weighted by Gasteiger charge is -2.35. The molecule has 2 rings (SSSR count). The second-order valence-corrected chi connectivity index (χ2v) is 10.3. The molecule has 0 aromatic carbocycles. The minimum absolute atomic E-state index is 0.0386. The lowest BCUT2D eigenvalue weighted by molar-refractivity contribution is -0.125.